The predicted molar refractivity (Wildman–Crippen MR) is 106 cm³/mol. The second kappa shape index (κ2) is 6.55. The Labute approximate surface area is 170 Å². The fraction of sp³-hybridized carbons (Fsp3) is 0.273. The average molecular weight is 412 g/mol. The van der Waals surface area contributed by atoms with Crippen molar-refractivity contribution in [2.75, 3.05) is 11.4 Å². The highest BCUT2D eigenvalue weighted by molar-refractivity contribution is 5.96. The topological polar surface area (TPSA) is 71.9 Å². The van der Waals surface area contributed by atoms with Crippen molar-refractivity contribution in [2.45, 2.75) is 32.1 Å². The number of hydrogen-bond donors (Lipinski definition) is 1. The smallest absolute Gasteiger partial charge is 0.478 e. The van der Waals surface area contributed by atoms with Crippen LogP contribution in [0.4, 0.5) is 14.5 Å². The lowest BCUT2D eigenvalue weighted by Crippen LogP contribution is -2.27. The molecule has 0 saturated carbocycles. The molecule has 6 nitrogen and oxygen atoms in total. The van der Waals surface area contributed by atoms with Crippen molar-refractivity contribution < 1.29 is 28.2 Å². The Bertz CT molecular complexity index is 1180. The van der Waals surface area contributed by atoms with Gasteiger partial charge in [0.15, 0.2) is 11.5 Å². The molecule has 1 N–H and O–H groups in total. The van der Waals surface area contributed by atoms with Crippen molar-refractivity contribution in [1.29, 1.82) is 0 Å². The number of rotatable bonds is 3. The molecule has 30 heavy (non-hydrogen) atoms. The Kier molecular flexibility index (Phi) is 4.06. The molecule has 1 fully saturated rings. The lowest BCUT2D eigenvalue weighted by atomic mass is 10.0. The molecule has 2 aliphatic rings. The Hall–Kier alpha value is -3.42. The Morgan fingerprint density at radius 2 is 1.97 bits per heavy atom. The van der Waals surface area contributed by atoms with Gasteiger partial charge in [-0.05, 0) is 62.2 Å². The van der Waals surface area contributed by atoms with Gasteiger partial charge in [-0.15, -0.1) is 8.78 Å². The maximum absolute atomic E-state index is 13.4. The first-order chi connectivity index (χ1) is 14.3. The number of halogens is 2. The van der Waals surface area contributed by atoms with E-state index in [0.717, 1.165) is 25.1 Å². The van der Waals surface area contributed by atoms with E-state index in [4.69, 9.17) is 4.98 Å². The second-order valence-electron chi connectivity index (χ2n) is 7.58. The molecule has 2 aliphatic heterocycles. The average Bonchev–Trinajstić information content (AvgIpc) is 3.26. The van der Waals surface area contributed by atoms with Gasteiger partial charge in [-0.2, -0.15) is 0 Å². The van der Waals surface area contributed by atoms with Crippen molar-refractivity contribution in [2.24, 2.45) is 0 Å². The first kappa shape index (κ1) is 18.6. The van der Waals surface area contributed by atoms with Gasteiger partial charge >= 0.3 is 12.3 Å². The van der Waals surface area contributed by atoms with Crippen LogP contribution in [0.25, 0.3) is 22.2 Å². The zero-order valence-electron chi connectivity index (χ0n) is 16.1. The van der Waals surface area contributed by atoms with E-state index in [9.17, 15) is 18.7 Å². The van der Waals surface area contributed by atoms with E-state index < -0.39 is 12.3 Å². The van der Waals surface area contributed by atoms with Gasteiger partial charge in [0.1, 0.15) is 0 Å². The van der Waals surface area contributed by atoms with Gasteiger partial charge < -0.3 is 19.5 Å². The molecule has 2 aromatic carbocycles. The summed E-state index contributed by atoms with van der Waals surface area (Å²) < 4.78 is 36.0. The van der Waals surface area contributed by atoms with Crippen LogP contribution in [0.1, 0.15) is 30.1 Å². The van der Waals surface area contributed by atoms with Crippen molar-refractivity contribution >= 4 is 22.6 Å². The number of carboxylic acid groups (broad SMARTS) is 1. The zero-order valence-corrected chi connectivity index (χ0v) is 16.1. The van der Waals surface area contributed by atoms with Crippen molar-refractivity contribution in [1.82, 2.24) is 4.98 Å². The van der Waals surface area contributed by atoms with Crippen LogP contribution in [-0.2, 0) is 0 Å². The summed E-state index contributed by atoms with van der Waals surface area (Å²) in [6, 6.07) is 11.6. The molecular weight excluding hydrogens is 394 g/mol. The number of ether oxygens (including phenoxy) is 2. The predicted octanol–water partition coefficient (Wildman–Crippen LogP) is 4.91. The van der Waals surface area contributed by atoms with Crippen LogP contribution in [0, 0.1) is 0 Å². The van der Waals surface area contributed by atoms with Crippen molar-refractivity contribution in [3.63, 3.8) is 0 Å². The number of aromatic nitrogens is 1. The molecule has 0 spiro atoms. The minimum absolute atomic E-state index is 0.0215. The molecule has 154 valence electrons. The third-order valence-corrected chi connectivity index (χ3v) is 5.58. The van der Waals surface area contributed by atoms with E-state index in [2.05, 4.69) is 21.3 Å². The Morgan fingerprint density at radius 1 is 1.17 bits per heavy atom. The van der Waals surface area contributed by atoms with Crippen LogP contribution in [-0.4, -0.2) is 34.9 Å². The minimum atomic E-state index is -3.68. The number of pyridine rings is 1. The highest BCUT2D eigenvalue weighted by atomic mass is 19.3. The number of carbonyl (C=O) groups is 1. The molecular formula is C22H18F2N2O4. The van der Waals surface area contributed by atoms with E-state index >= 15 is 0 Å². The van der Waals surface area contributed by atoms with Gasteiger partial charge in [0, 0.05) is 23.5 Å². The monoisotopic (exact) mass is 412 g/mol. The van der Waals surface area contributed by atoms with E-state index in [1.54, 1.807) is 18.2 Å². The van der Waals surface area contributed by atoms with Crippen LogP contribution in [0.2, 0.25) is 0 Å². The summed E-state index contributed by atoms with van der Waals surface area (Å²) in [5.41, 5.74) is 2.88. The highest BCUT2D eigenvalue weighted by Crippen LogP contribution is 2.44. The molecule has 0 aliphatic carbocycles. The van der Waals surface area contributed by atoms with Gasteiger partial charge in [-0.3, -0.25) is 0 Å². The summed E-state index contributed by atoms with van der Waals surface area (Å²) in [5, 5.41) is 10.0. The summed E-state index contributed by atoms with van der Waals surface area (Å²) in [6.45, 7) is 2.96. The second-order valence-corrected chi connectivity index (χ2v) is 7.58. The van der Waals surface area contributed by atoms with E-state index in [1.165, 1.54) is 18.2 Å². The summed E-state index contributed by atoms with van der Waals surface area (Å²) in [4.78, 5) is 18.4. The largest absolute Gasteiger partial charge is 0.586 e. The minimum Gasteiger partial charge on any atom is -0.478 e. The normalized spacial score (nSPS) is 19.4. The van der Waals surface area contributed by atoms with Gasteiger partial charge in [0.05, 0.1) is 22.5 Å². The molecule has 3 aromatic rings. The fourth-order valence-corrected chi connectivity index (χ4v) is 4.12. The van der Waals surface area contributed by atoms with Gasteiger partial charge in [-0.25, -0.2) is 9.78 Å². The van der Waals surface area contributed by atoms with E-state index in [0.29, 0.717) is 22.2 Å². The standard InChI is InChI=1S/C22H18F2N2O4/c1-12-3-2-8-26(12)17-10-15-9-14(21(27)28)4-6-16(15)25-20(17)13-5-7-18-19(11-13)30-22(23,24)29-18/h4-7,9-12H,2-3,8H2,1H3,(H,27,28)/t12-/m0/s1. The first-order valence-corrected chi connectivity index (χ1v) is 9.66. The van der Waals surface area contributed by atoms with Crippen LogP contribution < -0.4 is 14.4 Å². The number of benzene rings is 2. The molecule has 1 saturated heterocycles. The van der Waals surface area contributed by atoms with Gasteiger partial charge in [-0.1, -0.05) is 0 Å². The maximum Gasteiger partial charge on any atom is 0.586 e. The van der Waals surface area contributed by atoms with Crippen molar-refractivity contribution in [3.05, 3.63) is 48.0 Å². The molecule has 3 heterocycles. The third-order valence-electron chi connectivity index (χ3n) is 5.58. The Balaban J connectivity index is 1.69. The number of fused-ring (bicyclic) bond motifs is 2. The summed E-state index contributed by atoms with van der Waals surface area (Å²) in [6.07, 6.45) is -1.63. The quantitative estimate of drug-likeness (QED) is 0.659. The number of aromatic carboxylic acids is 1. The lowest BCUT2D eigenvalue weighted by Gasteiger charge is -2.26. The molecule has 0 amide bonds. The molecule has 0 radical (unpaired) electrons. The molecule has 0 bridgehead atoms. The van der Waals surface area contributed by atoms with E-state index in [1.807, 2.05) is 6.07 Å². The molecule has 0 unspecified atom stereocenters. The van der Waals surface area contributed by atoms with Crippen molar-refractivity contribution in [3.8, 4) is 22.8 Å². The number of carboxylic acids is 1. The van der Waals surface area contributed by atoms with Crippen LogP contribution in [0.3, 0.4) is 0 Å². The molecule has 8 heteroatoms. The fourth-order valence-electron chi connectivity index (χ4n) is 4.12. The summed E-state index contributed by atoms with van der Waals surface area (Å²) >= 11 is 0. The number of alkyl halides is 2. The number of anilines is 1. The summed E-state index contributed by atoms with van der Waals surface area (Å²) in [7, 11) is 0. The summed E-state index contributed by atoms with van der Waals surface area (Å²) in [5.74, 6) is -1.07. The molecule has 5 rings (SSSR count). The number of nitrogens with zero attached hydrogens (tertiary/aromatic N) is 2. The molecule has 1 atom stereocenters. The third kappa shape index (κ3) is 3.08. The zero-order chi connectivity index (χ0) is 21.0. The van der Waals surface area contributed by atoms with Crippen LogP contribution >= 0.6 is 0 Å². The van der Waals surface area contributed by atoms with Gasteiger partial charge in [0.2, 0.25) is 0 Å². The SMILES string of the molecule is C[C@H]1CCCN1c1cc2cc(C(=O)O)ccc2nc1-c1ccc2c(c1)OC(F)(F)O2. The van der Waals surface area contributed by atoms with Crippen LogP contribution in [0.15, 0.2) is 42.5 Å². The lowest BCUT2D eigenvalue weighted by molar-refractivity contribution is -0.286. The van der Waals surface area contributed by atoms with Gasteiger partial charge in [0.25, 0.3) is 0 Å². The molecule has 1 aromatic heterocycles. The van der Waals surface area contributed by atoms with E-state index in [-0.39, 0.29) is 23.1 Å². The first-order valence-electron chi connectivity index (χ1n) is 9.66. The Morgan fingerprint density at radius 3 is 2.70 bits per heavy atom. The van der Waals surface area contributed by atoms with Crippen LogP contribution in [0.5, 0.6) is 11.5 Å². The maximum atomic E-state index is 13.4. The number of hydrogen-bond acceptors (Lipinski definition) is 5. The highest BCUT2D eigenvalue weighted by Gasteiger charge is 2.43.